The fraction of sp³-hybridized carbons (Fsp3) is 0.409. The number of aliphatic hydroxyl groups is 1. The molecule has 0 radical (unpaired) electrons. The fourth-order valence-corrected chi connectivity index (χ4v) is 4.76. The van der Waals surface area contributed by atoms with Gasteiger partial charge in [-0.3, -0.25) is 9.89 Å². The van der Waals surface area contributed by atoms with Crippen LogP contribution in [0, 0.1) is 17.1 Å². The highest BCUT2D eigenvalue weighted by Gasteiger charge is 2.40. The molecule has 4 atom stereocenters. The Labute approximate surface area is 187 Å². The number of hydrogen-bond donors (Lipinski definition) is 3. The van der Waals surface area contributed by atoms with Gasteiger partial charge in [0.05, 0.1) is 41.8 Å². The van der Waals surface area contributed by atoms with E-state index < -0.39 is 30.0 Å². The second-order valence-corrected chi connectivity index (χ2v) is 8.42. The summed E-state index contributed by atoms with van der Waals surface area (Å²) in [4.78, 5) is 23.2. The first kappa shape index (κ1) is 21.2. The lowest BCUT2D eigenvalue weighted by molar-refractivity contribution is 0.0724. The van der Waals surface area contributed by atoms with Crippen LogP contribution in [0.15, 0.2) is 24.5 Å². The molecule has 3 aromatic rings. The first-order valence-corrected chi connectivity index (χ1v) is 10.7. The molecule has 2 aromatic heterocycles. The second kappa shape index (κ2) is 8.37. The van der Waals surface area contributed by atoms with E-state index in [1.165, 1.54) is 23.4 Å². The largest absolute Gasteiger partial charge is 0.391 e. The van der Waals surface area contributed by atoms with Gasteiger partial charge in [-0.25, -0.2) is 18.7 Å². The first-order chi connectivity index (χ1) is 16.0. The minimum atomic E-state index is -1.33. The van der Waals surface area contributed by atoms with Gasteiger partial charge in [-0.1, -0.05) is 0 Å². The molecular formula is C22H21F2N7O2. The Morgan fingerprint density at radius 1 is 1.33 bits per heavy atom. The van der Waals surface area contributed by atoms with Crippen LogP contribution in [0.3, 0.4) is 0 Å². The van der Waals surface area contributed by atoms with Crippen LogP contribution in [0.1, 0.15) is 53.3 Å². The van der Waals surface area contributed by atoms with Crippen molar-refractivity contribution in [2.24, 2.45) is 0 Å². The van der Waals surface area contributed by atoms with Crippen LogP contribution >= 0.6 is 0 Å². The van der Waals surface area contributed by atoms with Crippen LogP contribution in [-0.4, -0.2) is 60.9 Å². The highest BCUT2D eigenvalue weighted by atomic mass is 19.1. The molecule has 5 rings (SSSR count). The van der Waals surface area contributed by atoms with Crippen LogP contribution in [0.4, 0.5) is 14.6 Å². The summed E-state index contributed by atoms with van der Waals surface area (Å²) in [6, 6.07) is 4.60. The number of carbonyl (C=O) groups is 1. The maximum atomic E-state index is 14.5. The van der Waals surface area contributed by atoms with Gasteiger partial charge in [-0.05, 0) is 43.0 Å². The maximum absolute atomic E-state index is 14.5. The van der Waals surface area contributed by atoms with E-state index in [4.69, 9.17) is 0 Å². The molecule has 2 aliphatic rings. The second-order valence-electron chi connectivity index (χ2n) is 8.42. The van der Waals surface area contributed by atoms with Crippen LogP contribution in [0.25, 0.3) is 11.0 Å². The van der Waals surface area contributed by atoms with Crippen LogP contribution in [-0.2, 0) is 0 Å². The number of nitrogens with one attached hydrogen (secondary N) is 2. The standard InChI is InChI=1S/C22H21F2N7O2/c23-12-5-4-11(8-25)14(6-12)16-7-13(24)9-31(16)22(33)19-18-20(26-10-27-21(18)30-29-19)28-15-2-1-3-17(15)32/h4-6,10,13,15-17,32H,1-3,7,9H2,(H2,26,27,28,29,30)/t13-,15+,16+,17+/m0/s1. The Balaban J connectivity index is 1.53. The van der Waals surface area contributed by atoms with Crippen molar-refractivity contribution in [3.63, 3.8) is 0 Å². The van der Waals surface area contributed by atoms with E-state index in [9.17, 15) is 23.9 Å². The predicted octanol–water partition coefficient (Wildman–Crippen LogP) is 2.61. The monoisotopic (exact) mass is 453 g/mol. The summed E-state index contributed by atoms with van der Waals surface area (Å²) >= 11 is 0. The topological polar surface area (TPSA) is 131 Å². The summed E-state index contributed by atoms with van der Waals surface area (Å²) in [6.45, 7) is -0.211. The summed E-state index contributed by atoms with van der Waals surface area (Å²) in [7, 11) is 0. The number of benzene rings is 1. The van der Waals surface area contributed by atoms with Gasteiger partial charge >= 0.3 is 0 Å². The molecule has 9 nitrogen and oxygen atoms in total. The van der Waals surface area contributed by atoms with Gasteiger partial charge in [0.1, 0.15) is 24.1 Å². The van der Waals surface area contributed by atoms with Crippen molar-refractivity contribution in [1.29, 1.82) is 5.26 Å². The molecule has 0 bridgehead atoms. The van der Waals surface area contributed by atoms with Gasteiger partial charge < -0.3 is 15.3 Å². The summed E-state index contributed by atoms with van der Waals surface area (Å²) in [5, 5.41) is 30.0. The molecule has 1 saturated heterocycles. The summed E-state index contributed by atoms with van der Waals surface area (Å²) in [6.07, 6.45) is 1.69. The number of aliphatic hydroxyl groups excluding tert-OH is 1. The molecular weight excluding hydrogens is 432 g/mol. The van der Waals surface area contributed by atoms with E-state index in [-0.39, 0.29) is 35.8 Å². The first-order valence-electron chi connectivity index (χ1n) is 10.7. The van der Waals surface area contributed by atoms with Gasteiger partial charge in [0.15, 0.2) is 11.3 Å². The summed E-state index contributed by atoms with van der Waals surface area (Å²) in [5.41, 5.74) is 0.754. The molecule has 2 fully saturated rings. The molecule has 3 heterocycles. The molecule has 33 heavy (non-hydrogen) atoms. The SMILES string of the molecule is N#Cc1ccc(F)cc1[C@H]1C[C@H](F)CN1C(=O)c1n[nH]c2ncnc(N[C@@H]3CCC[C@H]3O)c12. The number of alkyl halides is 1. The third-order valence-corrected chi connectivity index (χ3v) is 6.37. The third-order valence-electron chi connectivity index (χ3n) is 6.37. The average Bonchev–Trinajstić information content (AvgIpc) is 3.52. The third kappa shape index (κ3) is 3.76. The number of H-pyrrole nitrogens is 1. The molecule has 0 spiro atoms. The van der Waals surface area contributed by atoms with Crippen molar-refractivity contribution in [2.45, 2.75) is 50.0 Å². The number of halogens is 2. The zero-order chi connectivity index (χ0) is 23.1. The number of hydrogen-bond acceptors (Lipinski definition) is 7. The Hall–Kier alpha value is -3.65. The fourth-order valence-electron chi connectivity index (χ4n) is 4.76. The van der Waals surface area contributed by atoms with E-state index in [1.807, 2.05) is 6.07 Å². The quantitative estimate of drug-likeness (QED) is 0.553. The Morgan fingerprint density at radius 3 is 2.94 bits per heavy atom. The average molecular weight is 453 g/mol. The highest BCUT2D eigenvalue weighted by molar-refractivity contribution is 6.07. The summed E-state index contributed by atoms with van der Waals surface area (Å²) in [5.74, 6) is -0.803. The van der Waals surface area contributed by atoms with Gasteiger partial charge in [0, 0.05) is 6.42 Å². The number of fused-ring (bicyclic) bond motifs is 1. The normalized spacial score (nSPS) is 24.8. The lowest BCUT2D eigenvalue weighted by Gasteiger charge is -2.25. The van der Waals surface area contributed by atoms with E-state index in [1.54, 1.807) is 0 Å². The number of carbonyl (C=O) groups excluding carboxylic acids is 1. The number of aromatic nitrogens is 4. The number of rotatable bonds is 4. The molecule has 1 aliphatic heterocycles. The van der Waals surface area contributed by atoms with E-state index in [2.05, 4.69) is 25.5 Å². The maximum Gasteiger partial charge on any atom is 0.275 e. The van der Waals surface area contributed by atoms with Gasteiger partial charge in [-0.15, -0.1) is 0 Å². The molecule has 1 aromatic carbocycles. The number of nitriles is 1. The molecule has 1 saturated carbocycles. The van der Waals surface area contributed by atoms with Crippen molar-refractivity contribution >= 4 is 22.8 Å². The predicted molar refractivity (Wildman–Crippen MR) is 113 cm³/mol. The molecule has 3 N–H and O–H groups in total. The number of amides is 1. The van der Waals surface area contributed by atoms with Crippen LogP contribution in [0.5, 0.6) is 0 Å². The van der Waals surface area contributed by atoms with Crippen molar-refractivity contribution < 1.29 is 18.7 Å². The molecule has 0 unspecified atom stereocenters. The van der Waals surface area contributed by atoms with Gasteiger partial charge in [0.2, 0.25) is 0 Å². The van der Waals surface area contributed by atoms with Crippen molar-refractivity contribution in [3.05, 3.63) is 47.2 Å². The Kier molecular flexibility index (Phi) is 5.38. The van der Waals surface area contributed by atoms with Crippen LogP contribution < -0.4 is 5.32 Å². The Morgan fingerprint density at radius 2 is 2.18 bits per heavy atom. The minimum Gasteiger partial charge on any atom is -0.391 e. The minimum absolute atomic E-state index is 0.00500. The smallest absolute Gasteiger partial charge is 0.275 e. The highest BCUT2D eigenvalue weighted by Crippen LogP contribution is 2.37. The molecule has 1 amide bonds. The Bertz CT molecular complexity index is 1260. The zero-order valence-electron chi connectivity index (χ0n) is 17.5. The molecule has 170 valence electrons. The lowest BCUT2D eigenvalue weighted by Crippen LogP contribution is -2.32. The van der Waals surface area contributed by atoms with E-state index in [0.29, 0.717) is 23.3 Å². The van der Waals surface area contributed by atoms with Gasteiger partial charge in [0.25, 0.3) is 5.91 Å². The van der Waals surface area contributed by atoms with Crippen molar-refractivity contribution in [2.75, 3.05) is 11.9 Å². The van der Waals surface area contributed by atoms with Crippen molar-refractivity contribution in [1.82, 2.24) is 25.1 Å². The molecule has 1 aliphatic carbocycles. The van der Waals surface area contributed by atoms with Gasteiger partial charge in [-0.2, -0.15) is 10.4 Å². The number of likely N-dealkylation sites (tertiary alicyclic amines) is 1. The van der Waals surface area contributed by atoms with Crippen LogP contribution in [0.2, 0.25) is 0 Å². The van der Waals surface area contributed by atoms with E-state index >= 15 is 0 Å². The molecule has 11 heteroatoms. The lowest BCUT2D eigenvalue weighted by atomic mass is 9.98. The van der Waals surface area contributed by atoms with Crippen molar-refractivity contribution in [3.8, 4) is 6.07 Å². The summed E-state index contributed by atoms with van der Waals surface area (Å²) < 4.78 is 28.4. The number of nitrogens with zero attached hydrogens (tertiary/aromatic N) is 5. The number of anilines is 1. The number of aromatic amines is 1. The van der Waals surface area contributed by atoms with E-state index in [0.717, 1.165) is 18.9 Å². The zero-order valence-corrected chi connectivity index (χ0v) is 17.5.